The molecule has 3 rings (SSSR count). The van der Waals surface area contributed by atoms with Crippen LogP contribution in [0.1, 0.15) is 16.1 Å². The van der Waals surface area contributed by atoms with Crippen molar-refractivity contribution in [1.29, 1.82) is 0 Å². The number of ether oxygens (including phenoxy) is 1. The SMILES string of the molecule is Cn1cc(CCOC(=O)c2csc(-c3ccc(Cl)cc3)n2)cn1. The van der Waals surface area contributed by atoms with E-state index in [0.717, 1.165) is 16.1 Å². The van der Waals surface area contributed by atoms with Crippen LogP contribution in [-0.2, 0) is 18.2 Å². The van der Waals surface area contributed by atoms with Gasteiger partial charge >= 0.3 is 5.97 Å². The first-order chi connectivity index (χ1) is 11.1. The van der Waals surface area contributed by atoms with E-state index in [0.29, 0.717) is 23.7 Å². The van der Waals surface area contributed by atoms with Crippen LogP contribution >= 0.6 is 22.9 Å². The van der Waals surface area contributed by atoms with Gasteiger partial charge in [-0.05, 0) is 17.7 Å². The van der Waals surface area contributed by atoms with Gasteiger partial charge in [0.2, 0.25) is 0 Å². The quantitative estimate of drug-likeness (QED) is 0.662. The lowest BCUT2D eigenvalue weighted by atomic mass is 10.2. The van der Waals surface area contributed by atoms with Crippen LogP contribution < -0.4 is 0 Å². The standard InChI is InChI=1S/C16H14ClN3O2S/c1-20-9-11(8-18-20)6-7-22-16(21)14-10-23-15(19-14)12-2-4-13(17)5-3-12/h2-5,8-10H,6-7H2,1H3. The highest BCUT2D eigenvalue weighted by Gasteiger charge is 2.13. The minimum atomic E-state index is -0.412. The number of benzene rings is 1. The summed E-state index contributed by atoms with van der Waals surface area (Å²) in [5.41, 5.74) is 2.28. The van der Waals surface area contributed by atoms with E-state index in [1.807, 2.05) is 25.4 Å². The number of thiazole rings is 1. The van der Waals surface area contributed by atoms with Gasteiger partial charge in [0, 0.05) is 35.6 Å². The van der Waals surface area contributed by atoms with Crippen LogP contribution in [0.25, 0.3) is 10.6 Å². The van der Waals surface area contributed by atoms with Crippen molar-refractivity contribution in [3.63, 3.8) is 0 Å². The molecule has 0 atom stereocenters. The number of hydrogen-bond donors (Lipinski definition) is 0. The van der Waals surface area contributed by atoms with Gasteiger partial charge in [-0.25, -0.2) is 9.78 Å². The molecule has 0 spiro atoms. The average Bonchev–Trinajstić information content (AvgIpc) is 3.17. The monoisotopic (exact) mass is 347 g/mol. The molecule has 0 aliphatic heterocycles. The molecule has 5 nitrogen and oxygen atoms in total. The van der Waals surface area contributed by atoms with Crippen LogP contribution in [0.5, 0.6) is 0 Å². The lowest BCUT2D eigenvalue weighted by Gasteiger charge is -2.01. The Balaban J connectivity index is 1.58. The molecule has 0 aliphatic rings. The molecular weight excluding hydrogens is 334 g/mol. The third-order valence-electron chi connectivity index (χ3n) is 3.19. The minimum Gasteiger partial charge on any atom is -0.461 e. The van der Waals surface area contributed by atoms with Crippen LogP contribution in [0.15, 0.2) is 42.0 Å². The number of rotatable bonds is 5. The molecule has 0 amide bonds. The number of nitrogens with zero attached hydrogens (tertiary/aromatic N) is 3. The van der Waals surface area contributed by atoms with Gasteiger partial charge in [0.05, 0.1) is 12.8 Å². The summed E-state index contributed by atoms with van der Waals surface area (Å²) < 4.78 is 6.97. The minimum absolute atomic E-state index is 0.304. The summed E-state index contributed by atoms with van der Waals surface area (Å²) in [4.78, 5) is 16.3. The number of hydrogen-bond acceptors (Lipinski definition) is 5. The summed E-state index contributed by atoms with van der Waals surface area (Å²) in [6.45, 7) is 0.304. The zero-order valence-electron chi connectivity index (χ0n) is 12.4. The molecule has 0 N–H and O–H groups in total. The van der Waals surface area contributed by atoms with E-state index in [2.05, 4.69) is 10.1 Å². The van der Waals surface area contributed by atoms with Crippen LogP contribution in [0.2, 0.25) is 5.02 Å². The lowest BCUT2D eigenvalue weighted by Crippen LogP contribution is -2.08. The first-order valence-corrected chi connectivity index (χ1v) is 8.24. The van der Waals surface area contributed by atoms with Gasteiger partial charge in [-0.2, -0.15) is 5.10 Å². The number of carbonyl (C=O) groups excluding carboxylic acids is 1. The summed E-state index contributed by atoms with van der Waals surface area (Å²) in [5, 5.41) is 7.21. The first kappa shape index (κ1) is 15.7. The topological polar surface area (TPSA) is 57.0 Å². The number of halogens is 1. The molecular formula is C16H14ClN3O2S. The van der Waals surface area contributed by atoms with Crippen molar-refractivity contribution in [1.82, 2.24) is 14.8 Å². The average molecular weight is 348 g/mol. The molecule has 0 bridgehead atoms. The molecule has 118 valence electrons. The van der Waals surface area contributed by atoms with E-state index < -0.39 is 5.97 Å². The number of esters is 1. The van der Waals surface area contributed by atoms with E-state index >= 15 is 0 Å². The van der Waals surface area contributed by atoms with Gasteiger partial charge in [-0.3, -0.25) is 4.68 Å². The number of aryl methyl sites for hydroxylation is 1. The first-order valence-electron chi connectivity index (χ1n) is 6.98. The molecule has 0 aliphatic carbocycles. The second-order valence-electron chi connectivity index (χ2n) is 4.95. The number of carbonyl (C=O) groups is 1. The van der Waals surface area contributed by atoms with Crippen molar-refractivity contribution in [2.24, 2.45) is 7.05 Å². The Morgan fingerprint density at radius 2 is 2.13 bits per heavy atom. The lowest BCUT2D eigenvalue weighted by molar-refractivity contribution is 0.0503. The largest absolute Gasteiger partial charge is 0.461 e. The van der Waals surface area contributed by atoms with Crippen molar-refractivity contribution >= 4 is 28.9 Å². The smallest absolute Gasteiger partial charge is 0.357 e. The maximum atomic E-state index is 12.0. The molecule has 23 heavy (non-hydrogen) atoms. The molecule has 2 heterocycles. The molecule has 7 heteroatoms. The molecule has 0 radical (unpaired) electrons. The van der Waals surface area contributed by atoms with Gasteiger partial charge in [-0.15, -0.1) is 11.3 Å². The summed E-state index contributed by atoms with van der Waals surface area (Å²) in [5.74, 6) is -0.412. The zero-order chi connectivity index (χ0) is 16.2. The maximum Gasteiger partial charge on any atom is 0.357 e. The normalized spacial score (nSPS) is 10.7. The van der Waals surface area contributed by atoms with E-state index in [9.17, 15) is 4.79 Å². The molecule has 3 aromatic rings. The van der Waals surface area contributed by atoms with Crippen molar-refractivity contribution in [2.45, 2.75) is 6.42 Å². The van der Waals surface area contributed by atoms with Crippen LogP contribution in [0, 0.1) is 0 Å². The maximum absolute atomic E-state index is 12.0. The Bertz CT molecular complexity index is 811. The van der Waals surface area contributed by atoms with Crippen molar-refractivity contribution in [3.8, 4) is 10.6 Å². The molecule has 0 saturated heterocycles. The van der Waals surface area contributed by atoms with Crippen molar-refractivity contribution in [2.75, 3.05) is 6.61 Å². The van der Waals surface area contributed by atoms with Crippen LogP contribution in [-0.4, -0.2) is 27.3 Å². The summed E-state index contributed by atoms with van der Waals surface area (Å²) >= 11 is 7.27. The van der Waals surface area contributed by atoms with E-state index in [-0.39, 0.29) is 0 Å². The van der Waals surface area contributed by atoms with Gasteiger partial charge in [-0.1, -0.05) is 23.7 Å². The fourth-order valence-corrected chi connectivity index (χ4v) is 2.95. The molecule has 2 aromatic heterocycles. The predicted molar refractivity (Wildman–Crippen MR) is 89.8 cm³/mol. The molecule has 1 aromatic carbocycles. The molecule has 0 fully saturated rings. The molecule has 0 saturated carbocycles. The third-order valence-corrected chi connectivity index (χ3v) is 4.33. The van der Waals surface area contributed by atoms with Gasteiger partial charge < -0.3 is 4.74 Å². The fourth-order valence-electron chi connectivity index (χ4n) is 2.03. The highest BCUT2D eigenvalue weighted by molar-refractivity contribution is 7.13. The van der Waals surface area contributed by atoms with Gasteiger partial charge in [0.1, 0.15) is 5.01 Å². The Morgan fingerprint density at radius 3 is 2.83 bits per heavy atom. The van der Waals surface area contributed by atoms with Crippen molar-refractivity contribution < 1.29 is 9.53 Å². The number of aromatic nitrogens is 3. The van der Waals surface area contributed by atoms with E-state index in [1.54, 1.807) is 28.4 Å². The Hall–Kier alpha value is -2.18. The van der Waals surface area contributed by atoms with E-state index in [4.69, 9.17) is 16.3 Å². The second kappa shape index (κ2) is 6.93. The van der Waals surface area contributed by atoms with Gasteiger partial charge in [0.25, 0.3) is 0 Å². The van der Waals surface area contributed by atoms with Crippen molar-refractivity contribution in [3.05, 3.63) is 58.3 Å². The van der Waals surface area contributed by atoms with Crippen LogP contribution in [0.3, 0.4) is 0 Å². The highest BCUT2D eigenvalue weighted by Crippen LogP contribution is 2.25. The third kappa shape index (κ3) is 3.97. The Labute approximate surface area is 142 Å². The zero-order valence-corrected chi connectivity index (χ0v) is 14.0. The second-order valence-corrected chi connectivity index (χ2v) is 6.25. The fraction of sp³-hybridized carbons (Fsp3) is 0.188. The summed E-state index contributed by atoms with van der Waals surface area (Å²) in [7, 11) is 1.85. The summed E-state index contributed by atoms with van der Waals surface area (Å²) in [6, 6.07) is 7.34. The summed E-state index contributed by atoms with van der Waals surface area (Å²) in [6.07, 6.45) is 4.29. The highest BCUT2D eigenvalue weighted by atomic mass is 35.5. The van der Waals surface area contributed by atoms with E-state index in [1.165, 1.54) is 11.3 Å². The Kier molecular flexibility index (Phi) is 4.73. The predicted octanol–water partition coefficient (Wildman–Crippen LogP) is 3.60. The van der Waals surface area contributed by atoms with Gasteiger partial charge in [0.15, 0.2) is 5.69 Å². The van der Waals surface area contributed by atoms with Crippen LogP contribution in [0.4, 0.5) is 0 Å². The molecule has 0 unspecified atom stereocenters. The Morgan fingerprint density at radius 1 is 1.35 bits per heavy atom.